The lowest BCUT2D eigenvalue weighted by molar-refractivity contribution is 0.270. The molecule has 3 heteroatoms. The zero-order valence-electron chi connectivity index (χ0n) is 11.9. The van der Waals surface area contributed by atoms with Gasteiger partial charge in [-0.3, -0.25) is 0 Å². The van der Waals surface area contributed by atoms with Crippen LogP contribution < -0.4 is 5.73 Å². The maximum atomic E-state index is 5.58. The summed E-state index contributed by atoms with van der Waals surface area (Å²) in [5.74, 6) is 2.10. The number of nitrogens with zero attached hydrogens (tertiary/aromatic N) is 1. The molecule has 0 aromatic rings. The van der Waals surface area contributed by atoms with Crippen molar-refractivity contribution in [1.29, 1.82) is 0 Å². The minimum atomic E-state index is 0.488. The quantitative estimate of drug-likeness (QED) is 0.794. The maximum absolute atomic E-state index is 5.58. The fourth-order valence-corrected chi connectivity index (χ4v) is 3.52. The molecule has 0 saturated carbocycles. The zero-order valence-corrected chi connectivity index (χ0v) is 12.7. The molecule has 0 bridgehead atoms. The van der Waals surface area contributed by atoms with Crippen LogP contribution in [-0.4, -0.2) is 41.6 Å². The van der Waals surface area contributed by atoms with Gasteiger partial charge < -0.3 is 10.6 Å². The van der Waals surface area contributed by atoms with Gasteiger partial charge in [-0.25, -0.2) is 0 Å². The van der Waals surface area contributed by atoms with Crippen molar-refractivity contribution in [2.45, 2.75) is 51.2 Å². The van der Waals surface area contributed by atoms with E-state index in [0.717, 1.165) is 12.5 Å². The molecular weight excluding hydrogens is 228 g/mol. The number of thioether (sulfide) groups is 1. The summed E-state index contributed by atoms with van der Waals surface area (Å²) >= 11 is 2.13. The van der Waals surface area contributed by atoms with Crippen molar-refractivity contribution in [2.24, 2.45) is 11.7 Å². The van der Waals surface area contributed by atoms with Gasteiger partial charge in [0.25, 0.3) is 0 Å². The molecule has 1 aliphatic rings. The van der Waals surface area contributed by atoms with Crippen LogP contribution in [0.15, 0.2) is 0 Å². The molecule has 0 amide bonds. The molecule has 1 rings (SSSR count). The highest BCUT2D eigenvalue weighted by Crippen LogP contribution is 2.30. The molecule has 0 spiro atoms. The summed E-state index contributed by atoms with van der Waals surface area (Å²) in [6, 6.07) is 0. The summed E-state index contributed by atoms with van der Waals surface area (Å²) in [5.41, 5.74) is 5.58. The molecule has 2 nitrogen and oxygen atoms in total. The van der Waals surface area contributed by atoms with Crippen LogP contribution in [-0.2, 0) is 0 Å². The van der Waals surface area contributed by atoms with Gasteiger partial charge in [-0.15, -0.1) is 0 Å². The third-order valence-corrected chi connectivity index (χ3v) is 5.13. The molecule has 0 aliphatic carbocycles. The monoisotopic (exact) mass is 258 g/mol. The van der Waals surface area contributed by atoms with Crippen molar-refractivity contribution in [3.05, 3.63) is 0 Å². The van der Waals surface area contributed by atoms with Crippen molar-refractivity contribution in [2.75, 3.05) is 31.9 Å². The lowest BCUT2D eigenvalue weighted by atomic mass is 10.0. The molecule has 2 N–H and O–H groups in total. The lowest BCUT2D eigenvalue weighted by Crippen LogP contribution is -2.28. The summed E-state index contributed by atoms with van der Waals surface area (Å²) in [6.07, 6.45) is 5.19. The molecule has 0 radical (unpaired) electrons. The summed E-state index contributed by atoms with van der Waals surface area (Å²) in [5, 5.41) is 0. The molecule has 1 aliphatic heterocycles. The number of nitrogens with two attached hydrogens (primary N) is 1. The number of rotatable bonds is 6. The van der Waals surface area contributed by atoms with Crippen molar-refractivity contribution < 1.29 is 0 Å². The Bertz CT molecular complexity index is 206. The summed E-state index contributed by atoms with van der Waals surface area (Å²) in [6.45, 7) is 11.8. The van der Waals surface area contributed by atoms with E-state index in [0.29, 0.717) is 4.75 Å². The van der Waals surface area contributed by atoms with Crippen LogP contribution in [0, 0.1) is 5.92 Å². The molecule has 1 fully saturated rings. The normalized spacial score (nSPS) is 23.3. The van der Waals surface area contributed by atoms with Gasteiger partial charge in [-0.1, -0.05) is 20.8 Å². The largest absolute Gasteiger partial charge is 0.330 e. The molecule has 1 unspecified atom stereocenters. The van der Waals surface area contributed by atoms with Gasteiger partial charge in [-0.2, -0.15) is 11.8 Å². The molecule has 102 valence electrons. The van der Waals surface area contributed by atoms with Crippen molar-refractivity contribution in [1.82, 2.24) is 4.90 Å². The second-order valence-electron chi connectivity index (χ2n) is 6.02. The molecule has 1 atom stereocenters. The third kappa shape index (κ3) is 6.68. The highest BCUT2D eigenvalue weighted by Gasteiger charge is 2.23. The third-order valence-electron chi connectivity index (χ3n) is 3.76. The van der Waals surface area contributed by atoms with Gasteiger partial charge >= 0.3 is 0 Å². The van der Waals surface area contributed by atoms with Crippen LogP contribution in [0.4, 0.5) is 0 Å². The smallest absolute Gasteiger partial charge is 0.0116 e. The molecule has 0 aromatic carbocycles. The van der Waals surface area contributed by atoms with Crippen LogP contribution in [0.3, 0.4) is 0 Å². The van der Waals surface area contributed by atoms with Crippen LogP contribution in [0.5, 0.6) is 0 Å². The Morgan fingerprint density at radius 3 is 2.76 bits per heavy atom. The predicted octanol–water partition coefficient (Wildman–Crippen LogP) is 2.97. The van der Waals surface area contributed by atoms with Crippen molar-refractivity contribution in [3.63, 3.8) is 0 Å². The summed E-state index contributed by atoms with van der Waals surface area (Å²) in [7, 11) is 0. The average Bonchev–Trinajstić information content (AvgIpc) is 2.41. The minimum Gasteiger partial charge on any atom is -0.330 e. The van der Waals surface area contributed by atoms with Gasteiger partial charge in [0.2, 0.25) is 0 Å². The molecular formula is C14H30N2S. The lowest BCUT2D eigenvalue weighted by Gasteiger charge is -2.23. The van der Waals surface area contributed by atoms with Crippen LogP contribution in [0.25, 0.3) is 0 Å². The molecule has 0 aromatic heterocycles. The first kappa shape index (κ1) is 15.3. The van der Waals surface area contributed by atoms with Gasteiger partial charge in [-0.05, 0) is 51.2 Å². The fraction of sp³-hybridized carbons (Fsp3) is 1.00. The average molecular weight is 258 g/mol. The fourth-order valence-electron chi connectivity index (χ4n) is 2.38. The molecule has 1 heterocycles. The standard InChI is InChI=1S/C14H30N2S/c1-13(6-8-15)5-4-9-16-10-7-14(2,3)17-12-11-16/h13H,4-12,15H2,1-3H3. The SMILES string of the molecule is CC(CCN)CCCN1CCSC(C)(C)CC1. The Kier molecular flexibility index (Phi) is 6.90. The molecule has 1 saturated heterocycles. The van der Waals surface area contributed by atoms with Crippen LogP contribution in [0.1, 0.15) is 46.5 Å². The van der Waals surface area contributed by atoms with Gasteiger partial charge in [0, 0.05) is 17.0 Å². The van der Waals surface area contributed by atoms with E-state index >= 15 is 0 Å². The second kappa shape index (κ2) is 7.65. The summed E-state index contributed by atoms with van der Waals surface area (Å²) < 4.78 is 0.488. The van der Waals surface area contributed by atoms with E-state index in [9.17, 15) is 0 Å². The molecule has 17 heavy (non-hydrogen) atoms. The zero-order chi connectivity index (χ0) is 12.7. The Labute approximate surface area is 112 Å². The van der Waals surface area contributed by atoms with E-state index in [1.165, 1.54) is 51.1 Å². The van der Waals surface area contributed by atoms with E-state index in [1.807, 2.05) is 0 Å². The van der Waals surface area contributed by atoms with Gasteiger partial charge in [0.05, 0.1) is 0 Å². The van der Waals surface area contributed by atoms with Crippen LogP contribution >= 0.6 is 11.8 Å². The Morgan fingerprint density at radius 1 is 1.29 bits per heavy atom. The van der Waals surface area contributed by atoms with Gasteiger partial charge in [0.15, 0.2) is 0 Å². The second-order valence-corrected chi connectivity index (χ2v) is 7.83. The highest BCUT2D eigenvalue weighted by atomic mass is 32.2. The van der Waals surface area contributed by atoms with E-state index < -0.39 is 0 Å². The first-order chi connectivity index (χ1) is 8.03. The van der Waals surface area contributed by atoms with Crippen LogP contribution in [0.2, 0.25) is 0 Å². The Hall–Kier alpha value is 0.270. The number of hydrogen-bond donors (Lipinski definition) is 1. The minimum absolute atomic E-state index is 0.488. The van der Waals surface area contributed by atoms with E-state index in [2.05, 4.69) is 37.4 Å². The Balaban J connectivity index is 2.15. The number of hydrogen-bond acceptors (Lipinski definition) is 3. The maximum Gasteiger partial charge on any atom is 0.0116 e. The highest BCUT2D eigenvalue weighted by molar-refractivity contribution is 8.00. The predicted molar refractivity (Wildman–Crippen MR) is 79.7 cm³/mol. The van der Waals surface area contributed by atoms with E-state index in [4.69, 9.17) is 5.73 Å². The van der Waals surface area contributed by atoms with Gasteiger partial charge in [0.1, 0.15) is 0 Å². The first-order valence-corrected chi connectivity index (χ1v) is 8.08. The first-order valence-electron chi connectivity index (χ1n) is 7.10. The van der Waals surface area contributed by atoms with E-state index in [-0.39, 0.29) is 0 Å². The topological polar surface area (TPSA) is 29.3 Å². The Morgan fingerprint density at radius 2 is 2.06 bits per heavy atom. The van der Waals surface area contributed by atoms with Crippen molar-refractivity contribution in [3.8, 4) is 0 Å². The van der Waals surface area contributed by atoms with Crippen molar-refractivity contribution >= 4 is 11.8 Å². The van der Waals surface area contributed by atoms with E-state index in [1.54, 1.807) is 0 Å². The summed E-state index contributed by atoms with van der Waals surface area (Å²) in [4.78, 5) is 2.65.